The molecule has 0 aliphatic rings. The van der Waals surface area contributed by atoms with Gasteiger partial charge in [0.15, 0.2) is 6.10 Å². The number of nitrogen functional groups attached to an aromatic ring is 1. The molecule has 1 amide bonds. The second-order valence-electron chi connectivity index (χ2n) is 6.75. The molecule has 0 aliphatic heterocycles. The molecule has 30 heavy (non-hydrogen) atoms. The maximum absolute atomic E-state index is 13.3. The highest BCUT2D eigenvalue weighted by Crippen LogP contribution is 2.37. The lowest BCUT2D eigenvalue weighted by Gasteiger charge is -2.13. The molecule has 0 fully saturated rings. The quantitative estimate of drug-likeness (QED) is 0.462. The lowest BCUT2D eigenvalue weighted by Crippen LogP contribution is -2.20. The minimum Gasteiger partial charge on any atom is -0.383 e. The van der Waals surface area contributed by atoms with E-state index in [0.29, 0.717) is 33.1 Å². The van der Waals surface area contributed by atoms with Crippen molar-refractivity contribution in [2.24, 2.45) is 7.05 Å². The molecular formula is C21H17ClFN5O2. The van der Waals surface area contributed by atoms with Gasteiger partial charge in [0, 0.05) is 30.1 Å². The Bertz CT molecular complexity index is 1270. The number of rotatable bonds is 4. The van der Waals surface area contributed by atoms with Crippen molar-refractivity contribution in [2.75, 3.05) is 11.1 Å². The highest BCUT2D eigenvalue weighted by atomic mass is 35.5. The zero-order chi connectivity index (χ0) is 21.4. The molecule has 0 aliphatic carbocycles. The Kier molecular flexibility index (Phi) is 5.11. The number of amides is 1. The molecule has 2 aromatic carbocycles. The average molecular weight is 426 g/mol. The summed E-state index contributed by atoms with van der Waals surface area (Å²) in [4.78, 5) is 20.6. The topological polar surface area (TPSA) is 106 Å². The number of nitrogens with zero attached hydrogens (tertiary/aromatic N) is 3. The van der Waals surface area contributed by atoms with Gasteiger partial charge >= 0.3 is 0 Å². The van der Waals surface area contributed by atoms with Crippen LogP contribution in [0.5, 0.6) is 0 Å². The van der Waals surface area contributed by atoms with Crippen LogP contribution in [0, 0.1) is 5.82 Å². The number of fused-ring (bicyclic) bond motifs is 1. The third kappa shape index (κ3) is 3.58. The Balaban J connectivity index is 1.62. The predicted molar refractivity (Wildman–Crippen MR) is 113 cm³/mol. The third-order valence-electron chi connectivity index (χ3n) is 4.72. The highest BCUT2D eigenvalue weighted by Gasteiger charge is 2.19. The summed E-state index contributed by atoms with van der Waals surface area (Å²) in [6.07, 6.45) is 1.73. The second kappa shape index (κ2) is 7.74. The summed E-state index contributed by atoms with van der Waals surface area (Å²) in [5, 5.41) is 13.8. The molecule has 152 valence electrons. The largest absolute Gasteiger partial charge is 0.383 e. The Hall–Kier alpha value is -3.49. The smallest absolute Gasteiger partial charge is 0.257 e. The van der Waals surface area contributed by atoms with E-state index in [4.69, 9.17) is 17.3 Å². The maximum Gasteiger partial charge on any atom is 0.257 e. The van der Waals surface area contributed by atoms with Crippen molar-refractivity contribution in [1.29, 1.82) is 0 Å². The normalized spacial score (nSPS) is 12.1. The summed E-state index contributed by atoms with van der Waals surface area (Å²) in [6, 6.07) is 10.2. The number of nitrogens with one attached hydrogen (secondary N) is 1. The standard InChI is InChI=1S/C21H17ClFN5O2/c1-28-9-15(17-19(24)25-10-26-20(17)28)14-6-5-13(8-16(14)22)27-21(30)18(29)11-3-2-4-12(23)7-11/h2-10,18,29H,1H3,(H,27,30)(H2,24,25,26). The van der Waals surface area contributed by atoms with Crippen molar-refractivity contribution < 1.29 is 14.3 Å². The van der Waals surface area contributed by atoms with Gasteiger partial charge in [-0.2, -0.15) is 0 Å². The van der Waals surface area contributed by atoms with Gasteiger partial charge in [0.25, 0.3) is 5.91 Å². The number of aliphatic hydroxyl groups excluding tert-OH is 1. The van der Waals surface area contributed by atoms with E-state index < -0.39 is 17.8 Å². The molecule has 2 aromatic heterocycles. The van der Waals surface area contributed by atoms with Crippen molar-refractivity contribution in [1.82, 2.24) is 14.5 Å². The van der Waals surface area contributed by atoms with E-state index in [1.807, 2.05) is 17.8 Å². The number of hydrogen-bond donors (Lipinski definition) is 3. The van der Waals surface area contributed by atoms with Gasteiger partial charge in [-0.05, 0) is 29.8 Å². The minimum absolute atomic E-state index is 0.154. The van der Waals surface area contributed by atoms with Crippen LogP contribution in [-0.2, 0) is 11.8 Å². The monoisotopic (exact) mass is 425 g/mol. The Labute approximate surface area is 175 Å². The molecule has 0 radical (unpaired) electrons. The fraction of sp³-hybridized carbons (Fsp3) is 0.0952. The number of halogens is 2. The summed E-state index contributed by atoms with van der Waals surface area (Å²) in [5.74, 6) is -0.903. The Morgan fingerprint density at radius 3 is 2.77 bits per heavy atom. The molecule has 1 unspecified atom stereocenters. The first-order valence-electron chi connectivity index (χ1n) is 8.95. The van der Waals surface area contributed by atoms with Gasteiger partial charge < -0.3 is 20.7 Å². The summed E-state index contributed by atoms with van der Waals surface area (Å²) >= 11 is 6.47. The van der Waals surface area contributed by atoms with Crippen LogP contribution in [-0.4, -0.2) is 25.5 Å². The molecular weight excluding hydrogens is 409 g/mol. The van der Waals surface area contributed by atoms with Gasteiger partial charge in [0.2, 0.25) is 0 Å². The van der Waals surface area contributed by atoms with Crippen molar-refractivity contribution in [3.05, 3.63) is 71.4 Å². The van der Waals surface area contributed by atoms with E-state index in [1.165, 1.54) is 24.5 Å². The van der Waals surface area contributed by atoms with Crippen LogP contribution in [0.2, 0.25) is 5.02 Å². The maximum atomic E-state index is 13.3. The van der Waals surface area contributed by atoms with Gasteiger partial charge in [-0.3, -0.25) is 4.79 Å². The summed E-state index contributed by atoms with van der Waals surface area (Å²) in [5.41, 5.74) is 8.69. The zero-order valence-electron chi connectivity index (χ0n) is 15.8. The van der Waals surface area contributed by atoms with E-state index in [-0.39, 0.29) is 5.56 Å². The number of carbonyl (C=O) groups excluding carboxylic acids is 1. The van der Waals surface area contributed by atoms with E-state index in [9.17, 15) is 14.3 Å². The molecule has 0 saturated heterocycles. The molecule has 0 spiro atoms. The van der Waals surface area contributed by atoms with E-state index in [0.717, 1.165) is 11.6 Å². The first-order chi connectivity index (χ1) is 14.3. The molecule has 4 rings (SSSR count). The van der Waals surface area contributed by atoms with Crippen LogP contribution in [0.25, 0.3) is 22.2 Å². The summed E-state index contributed by atoms with van der Waals surface area (Å²) in [7, 11) is 1.84. The van der Waals surface area contributed by atoms with Gasteiger partial charge in [0.1, 0.15) is 23.6 Å². The first kappa shape index (κ1) is 19.8. The Morgan fingerprint density at radius 1 is 1.23 bits per heavy atom. The molecule has 4 aromatic rings. The number of aliphatic hydroxyl groups is 1. The van der Waals surface area contributed by atoms with Crippen molar-refractivity contribution in [3.63, 3.8) is 0 Å². The van der Waals surface area contributed by atoms with Crippen LogP contribution in [0.15, 0.2) is 55.0 Å². The highest BCUT2D eigenvalue weighted by molar-refractivity contribution is 6.34. The van der Waals surface area contributed by atoms with Crippen LogP contribution >= 0.6 is 11.6 Å². The number of carbonyl (C=O) groups is 1. The van der Waals surface area contributed by atoms with Crippen LogP contribution in [0.1, 0.15) is 11.7 Å². The summed E-state index contributed by atoms with van der Waals surface area (Å²) < 4.78 is 15.2. The predicted octanol–water partition coefficient (Wildman–Crippen LogP) is 3.68. The fourth-order valence-electron chi connectivity index (χ4n) is 3.29. The zero-order valence-corrected chi connectivity index (χ0v) is 16.6. The average Bonchev–Trinajstić information content (AvgIpc) is 3.05. The van der Waals surface area contributed by atoms with Crippen molar-refractivity contribution >= 4 is 40.0 Å². The third-order valence-corrected chi connectivity index (χ3v) is 5.04. The van der Waals surface area contributed by atoms with Crippen LogP contribution in [0.3, 0.4) is 0 Å². The van der Waals surface area contributed by atoms with Crippen LogP contribution < -0.4 is 11.1 Å². The molecule has 2 heterocycles. The SMILES string of the molecule is Cn1cc(-c2ccc(NC(=O)C(O)c3cccc(F)c3)cc2Cl)c2c(N)ncnc21. The van der Waals surface area contributed by atoms with Crippen LogP contribution in [0.4, 0.5) is 15.9 Å². The van der Waals surface area contributed by atoms with E-state index >= 15 is 0 Å². The minimum atomic E-state index is -1.52. The van der Waals surface area contributed by atoms with E-state index in [1.54, 1.807) is 18.2 Å². The Morgan fingerprint density at radius 2 is 2.03 bits per heavy atom. The molecule has 9 heteroatoms. The molecule has 1 atom stereocenters. The van der Waals surface area contributed by atoms with E-state index in [2.05, 4.69) is 15.3 Å². The number of hydrogen-bond acceptors (Lipinski definition) is 5. The lowest BCUT2D eigenvalue weighted by atomic mass is 10.1. The number of benzene rings is 2. The van der Waals surface area contributed by atoms with Crippen molar-refractivity contribution in [2.45, 2.75) is 6.10 Å². The molecule has 0 saturated carbocycles. The van der Waals surface area contributed by atoms with Gasteiger partial charge in [0.05, 0.1) is 10.4 Å². The van der Waals surface area contributed by atoms with Gasteiger partial charge in [-0.1, -0.05) is 29.8 Å². The number of nitrogens with two attached hydrogens (primary N) is 1. The number of aromatic nitrogens is 3. The van der Waals surface area contributed by atoms with Gasteiger partial charge in [-0.15, -0.1) is 0 Å². The van der Waals surface area contributed by atoms with Crippen molar-refractivity contribution in [3.8, 4) is 11.1 Å². The second-order valence-corrected chi connectivity index (χ2v) is 7.16. The molecule has 0 bridgehead atoms. The number of aryl methyl sites for hydroxylation is 1. The molecule has 7 nitrogen and oxygen atoms in total. The van der Waals surface area contributed by atoms with Gasteiger partial charge in [-0.25, -0.2) is 14.4 Å². The first-order valence-corrected chi connectivity index (χ1v) is 9.32. The fourth-order valence-corrected chi connectivity index (χ4v) is 3.57. The lowest BCUT2D eigenvalue weighted by molar-refractivity contribution is -0.124. The number of anilines is 2. The molecule has 4 N–H and O–H groups in total. The summed E-state index contributed by atoms with van der Waals surface area (Å²) in [6.45, 7) is 0.